The predicted molar refractivity (Wildman–Crippen MR) is 117 cm³/mol. The Labute approximate surface area is 190 Å². The van der Waals surface area contributed by atoms with E-state index in [1.165, 1.54) is 42.5 Å². The Kier molecular flexibility index (Phi) is 5.57. The number of rotatable bonds is 4. The highest BCUT2D eigenvalue weighted by molar-refractivity contribution is 6.51. The number of hydrogen-bond acceptors (Lipinski definition) is 6. The van der Waals surface area contributed by atoms with Gasteiger partial charge >= 0.3 is 5.69 Å². The van der Waals surface area contributed by atoms with E-state index in [1.807, 2.05) is 0 Å². The van der Waals surface area contributed by atoms with E-state index in [-0.39, 0.29) is 22.4 Å². The largest absolute Gasteiger partial charge is 0.507 e. The van der Waals surface area contributed by atoms with Gasteiger partial charge in [-0.05, 0) is 60.2 Å². The van der Waals surface area contributed by atoms with Crippen LogP contribution < -0.4 is 4.90 Å². The molecular weight excluding hydrogens is 455 g/mol. The van der Waals surface area contributed by atoms with E-state index in [9.17, 15) is 34.3 Å². The van der Waals surface area contributed by atoms with Crippen LogP contribution in [0.2, 0.25) is 5.02 Å². The van der Waals surface area contributed by atoms with E-state index in [0.29, 0.717) is 5.02 Å². The Morgan fingerprint density at radius 1 is 1.03 bits per heavy atom. The zero-order chi connectivity index (χ0) is 23.9. The van der Waals surface area contributed by atoms with Gasteiger partial charge in [0.1, 0.15) is 11.6 Å². The van der Waals surface area contributed by atoms with Crippen molar-refractivity contribution in [1.82, 2.24) is 0 Å². The van der Waals surface area contributed by atoms with Gasteiger partial charge in [-0.1, -0.05) is 17.7 Å². The molecule has 10 heteroatoms. The van der Waals surface area contributed by atoms with E-state index < -0.39 is 45.7 Å². The quantitative estimate of drug-likeness (QED) is 0.188. The molecule has 0 aromatic heterocycles. The molecule has 166 valence electrons. The maximum absolute atomic E-state index is 13.5. The first-order chi connectivity index (χ1) is 15.7. The highest BCUT2D eigenvalue weighted by Crippen LogP contribution is 2.44. The molecule has 1 heterocycles. The summed E-state index contributed by atoms with van der Waals surface area (Å²) in [4.78, 5) is 37.6. The van der Waals surface area contributed by atoms with Crippen molar-refractivity contribution in [1.29, 1.82) is 0 Å². The number of amides is 1. The average molecular weight is 469 g/mol. The third kappa shape index (κ3) is 3.90. The fourth-order valence-corrected chi connectivity index (χ4v) is 3.76. The standard InChI is InChI=1S/C23H14ClFN2O6/c24-14-4-1-12(2-5-14)21(29)19-20(13-3-10-18(28)17(11-13)27(32)33)26(23(31)22(19)30)16-8-6-15(25)7-9-16/h1-11,20,28-29H/b21-19-. The molecule has 0 aliphatic carbocycles. The van der Waals surface area contributed by atoms with E-state index in [2.05, 4.69) is 0 Å². The van der Waals surface area contributed by atoms with Crippen LogP contribution in [0.1, 0.15) is 17.2 Å². The molecule has 3 aromatic carbocycles. The summed E-state index contributed by atoms with van der Waals surface area (Å²) in [7, 11) is 0. The Morgan fingerprint density at radius 3 is 2.27 bits per heavy atom. The summed E-state index contributed by atoms with van der Waals surface area (Å²) in [5, 5.41) is 32.5. The minimum absolute atomic E-state index is 0.0820. The van der Waals surface area contributed by atoms with E-state index in [1.54, 1.807) is 0 Å². The van der Waals surface area contributed by atoms with Crippen molar-refractivity contribution in [2.75, 3.05) is 4.90 Å². The number of benzene rings is 3. The molecule has 0 radical (unpaired) electrons. The van der Waals surface area contributed by atoms with E-state index in [4.69, 9.17) is 11.6 Å². The molecule has 0 spiro atoms. The molecule has 8 nitrogen and oxygen atoms in total. The number of Topliss-reactive ketones (excluding diaryl/α,β-unsaturated/α-hetero) is 1. The highest BCUT2D eigenvalue weighted by atomic mass is 35.5. The third-order valence-electron chi connectivity index (χ3n) is 5.18. The van der Waals surface area contributed by atoms with Crippen molar-refractivity contribution in [2.45, 2.75) is 6.04 Å². The molecule has 1 amide bonds. The van der Waals surface area contributed by atoms with Gasteiger partial charge in [-0.25, -0.2) is 4.39 Å². The molecule has 2 N–H and O–H groups in total. The van der Waals surface area contributed by atoms with Gasteiger partial charge in [-0.15, -0.1) is 0 Å². The van der Waals surface area contributed by atoms with Crippen LogP contribution in [0.3, 0.4) is 0 Å². The van der Waals surface area contributed by atoms with Crippen molar-refractivity contribution in [3.05, 3.63) is 104 Å². The topological polar surface area (TPSA) is 121 Å². The third-order valence-corrected chi connectivity index (χ3v) is 5.43. The van der Waals surface area contributed by atoms with Crippen LogP contribution in [0.4, 0.5) is 15.8 Å². The van der Waals surface area contributed by atoms with Crippen molar-refractivity contribution >= 4 is 40.4 Å². The Bertz CT molecular complexity index is 1320. The van der Waals surface area contributed by atoms with Crippen molar-refractivity contribution in [2.24, 2.45) is 0 Å². The summed E-state index contributed by atoms with van der Waals surface area (Å²) in [6, 6.07) is 12.6. The molecule has 3 aromatic rings. The number of hydrogen-bond donors (Lipinski definition) is 2. The van der Waals surface area contributed by atoms with Gasteiger partial charge in [0.05, 0.1) is 16.5 Å². The number of halogens is 2. The zero-order valence-corrected chi connectivity index (χ0v) is 17.4. The number of phenolic OH excluding ortho intramolecular Hbond substituents is 1. The number of carbonyl (C=O) groups is 2. The number of aliphatic hydroxyl groups excluding tert-OH is 1. The molecule has 1 aliphatic heterocycles. The molecule has 1 saturated heterocycles. The summed E-state index contributed by atoms with van der Waals surface area (Å²) in [6.45, 7) is 0. The molecule has 1 unspecified atom stereocenters. The lowest BCUT2D eigenvalue weighted by Gasteiger charge is -2.25. The molecule has 1 fully saturated rings. The van der Waals surface area contributed by atoms with Gasteiger partial charge in [0, 0.05) is 22.3 Å². The zero-order valence-electron chi connectivity index (χ0n) is 16.6. The van der Waals surface area contributed by atoms with Crippen LogP contribution in [0.25, 0.3) is 5.76 Å². The summed E-state index contributed by atoms with van der Waals surface area (Å²) < 4.78 is 13.5. The number of ketones is 1. The number of nitrogens with zero attached hydrogens (tertiary/aromatic N) is 2. The Morgan fingerprint density at radius 2 is 1.67 bits per heavy atom. The normalized spacial score (nSPS) is 17.4. The molecule has 0 saturated carbocycles. The lowest BCUT2D eigenvalue weighted by Crippen LogP contribution is -2.29. The molecule has 1 aliphatic rings. The second-order valence-electron chi connectivity index (χ2n) is 7.16. The number of phenols is 1. The van der Waals surface area contributed by atoms with Crippen molar-refractivity contribution < 1.29 is 29.1 Å². The van der Waals surface area contributed by atoms with Crippen molar-refractivity contribution in [3.63, 3.8) is 0 Å². The maximum atomic E-state index is 13.5. The second kappa shape index (κ2) is 8.36. The molecule has 0 bridgehead atoms. The fourth-order valence-electron chi connectivity index (χ4n) is 3.64. The monoisotopic (exact) mass is 468 g/mol. The summed E-state index contributed by atoms with van der Waals surface area (Å²) in [5.41, 5.74) is -0.571. The van der Waals surface area contributed by atoms with Gasteiger partial charge in [0.25, 0.3) is 11.7 Å². The summed E-state index contributed by atoms with van der Waals surface area (Å²) >= 11 is 5.89. The van der Waals surface area contributed by atoms with Crippen LogP contribution in [0.15, 0.2) is 72.3 Å². The van der Waals surface area contributed by atoms with Crippen molar-refractivity contribution in [3.8, 4) is 5.75 Å². The van der Waals surface area contributed by atoms with Crippen LogP contribution in [0, 0.1) is 15.9 Å². The Hall–Kier alpha value is -4.24. The van der Waals surface area contributed by atoms with Gasteiger partial charge in [0.15, 0.2) is 5.75 Å². The first-order valence-electron chi connectivity index (χ1n) is 9.49. The number of nitro benzene ring substituents is 1. The van der Waals surface area contributed by atoms with Gasteiger partial charge in [-0.3, -0.25) is 24.6 Å². The summed E-state index contributed by atoms with van der Waals surface area (Å²) in [5.74, 6) is -3.76. The van der Waals surface area contributed by atoms with Crippen LogP contribution in [-0.2, 0) is 9.59 Å². The predicted octanol–water partition coefficient (Wildman–Crippen LogP) is 4.72. The fraction of sp³-hybridized carbons (Fsp3) is 0.0435. The first kappa shape index (κ1) is 22.0. The lowest BCUT2D eigenvalue weighted by molar-refractivity contribution is -0.385. The average Bonchev–Trinajstić information content (AvgIpc) is 3.05. The van der Waals surface area contributed by atoms with Gasteiger partial charge < -0.3 is 10.2 Å². The van der Waals surface area contributed by atoms with Crippen LogP contribution in [0.5, 0.6) is 5.75 Å². The van der Waals surface area contributed by atoms with E-state index in [0.717, 1.165) is 29.2 Å². The smallest absolute Gasteiger partial charge is 0.311 e. The number of carbonyl (C=O) groups excluding carboxylic acids is 2. The molecule has 4 rings (SSSR count). The minimum atomic E-state index is -1.29. The van der Waals surface area contributed by atoms with Gasteiger partial charge in [-0.2, -0.15) is 0 Å². The van der Waals surface area contributed by atoms with E-state index >= 15 is 0 Å². The maximum Gasteiger partial charge on any atom is 0.311 e. The minimum Gasteiger partial charge on any atom is -0.507 e. The highest BCUT2D eigenvalue weighted by Gasteiger charge is 2.47. The molecular formula is C23H14ClFN2O6. The first-order valence-corrected chi connectivity index (χ1v) is 9.86. The van der Waals surface area contributed by atoms with Crippen LogP contribution >= 0.6 is 11.6 Å². The number of anilines is 1. The lowest BCUT2D eigenvalue weighted by atomic mass is 9.94. The molecule has 33 heavy (non-hydrogen) atoms. The summed E-state index contributed by atoms with van der Waals surface area (Å²) in [6.07, 6.45) is 0. The van der Waals surface area contributed by atoms with Crippen LogP contribution in [-0.4, -0.2) is 26.8 Å². The van der Waals surface area contributed by atoms with Gasteiger partial charge in [0.2, 0.25) is 0 Å². The Balaban J connectivity index is 1.98. The number of nitro groups is 1. The molecule has 1 atom stereocenters. The number of aromatic hydroxyl groups is 1. The SMILES string of the molecule is O=C1C(=O)N(c2ccc(F)cc2)C(c2ccc(O)c([N+](=O)[O-])c2)/C1=C(/O)c1ccc(Cl)cc1. The number of aliphatic hydroxyl groups is 1. The second-order valence-corrected chi connectivity index (χ2v) is 7.59.